The first kappa shape index (κ1) is 22.0. The molecular formula is C19H27N7O3. The number of ether oxygens (including phenoxy) is 1. The van der Waals surface area contributed by atoms with Crippen LogP contribution in [0.25, 0.3) is 11.0 Å². The highest BCUT2D eigenvalue weighted by Gasteiger charge is 2.14. The number of benzene rings is 1. The Bertz CT molecular complexity index is 1010. The second kappa shape index (κ2) is 9.78. The number of likely N-dealkylation sites (N-methyl/N-ethyl adjacent to an activating group) is 1. The minimum Gasteiger partial charge on any atom is -0.383 e. The minimum atomic E-state index is -0.532. The number of fused-ring (bicyclic) bond motifs is 1. The molecule has 0 unspecified atom stereocenters. The fraction of sp³-hybridized carbons (Fsp3) is 0.421. The lowest BCUT2D eigenvalue weighted by Crippen LogP contribution is -2.34. The average molecular weight is 401 g/mol. The highest BCUT2D eigenvalue weighted by Crippen LogP contribution is 2.17. The van der Waals surface area contributed by atoms with E-state index in [1.54, 1.807) is 18.7 Å². The van der Waals surface area contributed by atoms with Gasteiger partial charge in [0.15, 0.2) is 17.7 Å². The van der Waals surface area contributed by atoms with Crippen molar-refractivity contribution in [2.24, 2.45) is 21.5 Å². The number of nitrogens with zero attached hydrogens (tertiary/aromatic N) is 5. The summed E-state index contributed by atoms with van der Waals surface area (Å²) in [5.41, 5.74) is 14.4. The Morgan fingerprint density at radius 2 is 2.00 bits per heavy atom. The fourth-order valence-corrected chi connectivity index (χ4v) is 2.73. The number of nitrogens with two attached hydrogens (primary N) is 2. The Morgan fingerprint density at radius 3 is 2.62 bits per heavy atom. The molecule has 0 spiro atoms. The Morgan fingerprint density at radius 1 is 1.31 bits per heavy atom. The summed E-state index contributed by atoms with van der Waals surface area (Å²) in [6, 6.07) is 3.34. The number of guanidine groups is 1. The number of carbonyl (C=O) groups excluding carboxylic acids is 2. The molecule has 10 heteroatoms. The minimum absolute atomic E-state index is 0.0483. The van der Waals surface area contributed by atoms with Crippen LogP contribution in [0.5, 0.6) is 0 Å². The number of hydrogen-bond acceptors (Lipinski definition) is 5. The van der Waals surface area contributed by atoms with Crippen LogP contribution in [0.1, 0.15) is 21.6 Å². The maximum atomic E-state index is 12.6. The molecule has 0 saturated carbocycles. The summed E-state index contributed by atoms with van der Waals surface area (Å²) in [4.78, 5) is 38.1. The van der Waals surface area contributed by atoms with Gasteiger partial charge >= 0.3 is 6.03 Å². The van der Waals surface area contributed by atoms with E-state index in [9.17, 15) is 9.59 Å². The average Bonchev–Trinajstić information content (AvgIpc) is 2.67. The third-order valence-electron chi connectivity index (χ3n) is 4.50. The van der Waals surface area contributed by atoms with Crippen molar-refractivity contribution in [3.05, 3.63) is 34.4 Å². The maximum Gasteiger partial charge on any atom is 0.345 e. The van der Waals surface area contributed by atoms with E-state index >= 15 is 0 Å². The van der Waals surface area contributed by atoms with E-state index in [1.807, 2.05) is 26.0 Å². The van der Waals surface area contributed by atoms with Crippen LogP contribution in [0.2, 0.25) is 0 Å². The van der Waals surface area contributed by atoms with Crippen LogP contribution in [0.3, 0.4) is 0 Å². The molecule has 4 N–H and O–H groups in total. The first-order valence-corrected chi connectivity index (χ1v) is 9.09. The smallest absolute Gasteiger partial charge is 0.345 e. The molecule has 1 aromatic carbocycles. The molecule has 10 nitrogen and oxygen atoms in total. The molecule has 156 valence electrons. The lowest BCUT2D eigenvalue weighted by molar-refractivity contribution is 0.111. The van der Waals surface area contributed by atoms with Gasteiger partial charge in [0.1, 0.15) is 5.69 Å². The van der Waals surface area contributed by atoms with Gasteiger partial charge in [0.2, 0.25) is 0 Å². The van der Waals surface area contributed by atoms with Crippen LogP contribution >= 0.6 is 0 Å². The van der Waals surface area contributed by atoms with Gasteiger partial charge < -0.3 is 25.7 Å². The Labute approximate surface area is 168 Å². The number of aromatic nitrogens is 2. The fourth-order valence-electron chi connectivity index (χ4n) is 2.73. The normalized spacial score (nSPS) is 11.5. The summed E-state index contributed by atoms with van der Waals surface area (Å²) in [6.07, 6.45) is 0.601. The molecular weight excluding hydrogens is 374 g/mol. The van der Waals surface area contributed by atoms with E-state index in [0.717, 1.165) is 16.6 Å². The van der Waals surface area contributed by atoms with Crippen molar-refractivity contribution in [3.63, 3.8) is 0 Å². The van der Waals surface area contributed by atoms with Gasteiger partial charge in [-0.3, -0.25) is 9.79 Å². The molecule has 0 bridgehead atoms. The highest BCUT2D eigenvalue weighted by molar-refractivity contribution is 5.82. The third kappa shape index (κ3) is 5.38. The van der Waals surface area contributed by atoms with Crippen molar-refractivity contribution in [2.75, 3.05) is 33.9 Å². The van der Waals surface area contributed by atoms with Crippen LogP contribution < -0.4 is 17.0 Å². The van der Waals surface area contributed by atoms with Crippen LogP contribution in [0.15, 0.2) is 22.1 Å². The number of aliphatic imine (C=N–C) groups is 1. The number of carbonyl (C=O) groups is 2. The SMILES string of the molecule is COCCn1c(=NC(=O)N(C)CCN=C(N)N)c(C=O)nc2cc(C)c(C)cc21. The lowest BCUT2D eigenvalue weighted by Gasteiger charge is -2.16. The third-order valence-corrected chi connectivity index (χ3v) is 4.50. The van der Waals surface area contributed by atoms with E-state index in [1.165, 1.54) is 4.90 Å². The molecule has 0 aliphatic carbocycles. The predicted molar refractivity (Wildman–Crippen MR) is 111 cm³/mol. The van der Waals surface area contributed by atoms with Crippen molar-refractivity contribution in [1.82, 2.24) is 14.5 Å². The van der Waals surface area contributed by atoms with Crippen LogP contribution in [-0.2, 0) is 11.3 Å². The molecule has 2 aromatic rings. The Balaban J connectivity index is 2.61. The molecule has 29 heavy (non-hydrogen) atoms. The van der Waals surface area contributed by atoms with E-state index in [-0.39, 0.29) is 30.2 Å². The number of rotatable bonds is 7. The zero-order valence-electron chi connectivity index (χ0n) is 17.2. The number of amides is 2. The van der Waals surface area contributed by atoms with Gasteiger partial charge in [-0.15, -0.1) is 0 Å². The van der Waals surface area contributed by atoms with Gasteiger partial charge in [0, 0.05) is 27.2 Å². The summed E-state index contributed by atoms with van der Waals surface area (Å²) >= 11 is 0. The molecule has 0 aliphatic heterocycles. The monoisotopic (exact) mass is 401 g/mol. The Kier molecular flexibility index (Phi) is 7.43. The number of aldehydes is 1. The van der Waals surface area contributed by atoms with Crippen molar-refractivity contribution < 1.29 is 14.3 Å². The van der Waals surface area contributed by atoms with Gasteiger partial charge in [-0.05, 0) is 37.1 Å². The van der Waals surface area contributed by atoms with Gasteiger partial charge in [-0.25, -0.2) is 9.78 Å². The number of methoxy groups -OCH3 is 1. The summed E-state index contributed by atoms with van der Waals surface area (Å²) in [7, 11) is 3.16. The molecule has 0 radical (unpaired) electrons. The lowest BCUT2D eigenvalue weighted by atomic mass is 10.1. The molecule has 2 amide bonds. The summed E-state index contributed by atoms with van der Waals surface area (Å²) in [6.45, 7) is 5.27. The van der Waals surface area contributed by atoms with Crippen molar-refractivity contribution in [2.45, 2.75) is 20.4 Å². The van der Waals surface area contributed by atoms with E-state index in [2.05, 4.69) is 15.0 Å². The molecule has 0 fully saturated rings. The molecule has 1 heterocycles. The van der Waals surface area contributed by atoms with Crippen molar-refractivity contribution in [3.8, 4) is 0 Å². The van der Waals surface area contributed by atoms with Gasteiger partial charge in [-0.2, -0.15) is 4.99 Å². The first-order chi connectivity index (χ1) is 13.8. The van der Waals surface area contributed by atoms with Crippen LogP contribution in [0.4, 0.5) is 4.79 Å². The molecule has 0 atom stereocenters. The second-order valence-corrected chi connectivity index (χ2v) is 6.63. The first-order valence-electron chi connectivity index (χ1n) is 9.09. The maximum absolute atomic E-state index is 12.6. The van der Waals surface area contributed by atoms with Crippen LogP contribution in [-0.4, -0.2) is 66.6 Å². The number of hydrogen-bond donors (Lipinski definition) is 2. The quantitative estimate of drug-likeness (QED) is 0.389. The molecule has 0 saturated heterocycles. The molecule has 2 rings (SSSR count). The summed E-state index contributed by atoms with van der Waals surface area (Å²) < 4.78 is 6.98. The summed E-state index contributed by atoms with van der Waals surface area (Å²) in [5, 5.41) is 0. The standard InChI is InChI=1S/C19H27N7O3/c1-12-9-14-16(10-13(12)2)26(7-8-29-4)17(15(11-27)23-14)24-19(28)25(3)6-5-22-18(20)21/h9-11H,5-8H2,1-4H3,(H4,20,21,22). The largest absolute Gasteiger partial charge is 0.383 e. The van der Waals surface area contributed by atoms with Crippen molar-refractivity contribution in [1.29, 1.82) is 0 Å². The summed E-state index contributed by atoms with van der Waals surface area (Å²) in [5.74, 6) is -0.0483. The van der Waals surface area contributed by atoms with E-state index in [0.29, 0.717) is 25.0 Å². The second-order valence-electron chi connectivity index (χ2n) is 6.63. The molecule has 1 aromatic heterocycles. The van der Waals surface area contributed by atoms with Gasteiger partial charge in [0.25, 0.3) is 0 Å². The zero-order valence-corrected chi connectivity index (χ0v) is 17.2. The predicted octanol–water partition coefficient (Wildman–Crippen LogP) is 0.338. The zero-order chi connectivity index (χ0) is 21.6. The topological polar surface area (TPSA) is 141 Å². The Hall–Kier alpha value is -3.27. The van der Waals surface area contributed by atoms with Crippen LogP contribution in [0, 0.1) is 13.8 Å². The molecule has 0 aliphatic rings. The van der Waals surface area contributed by atoms with Crippen molar-refractivity contribution >= 4 is 29.3 Å². The highest BCUT2D eigenvalue weighted by atomic mass is 16.5. The van der Waals surface area contributed by atoms with Gasteiger partial charge in [0.05, 0.1) is 24.2 Å². The van der Waals surface area contributed by atoms with E-state index < -0.39 is 6.03 Å². The van der Waals surface area contributed by atoms with Gasteiger partial charge in [-0.1, -0.05) is 0 Å². The number of urea groups is 1. The van der Waals surface area contributed by atoms with E-state index in [4.69, 9.17) is 16.2 Å². The number of aryl methyl sites for hydroxylation is 2.